The minimum Gasteiger partial charge on any atom is -0.508 e. The number of phenolic OH excluding ortho intramolecular Hbond substituents is 1. The molecule has 0 fully saturated rings. The topological polar surface area (TPSA) is 70.6 Å². The summed E-state index contributed by atoms with van der Waals surface area (Å²) in [6.07, 6.45) is 2.89. The SMILES string of the molecule is CCCCc1ccc(NC(=O)NC(C)Oc2ccc(O)cc2)cc1. The van der Waals surface area contributed by atoms with Gasteiger partial charge in [-0.1, -0.05) is 25.5 Å². The highest BCUT2D eigenvalue weighted by atomic mass is 16.5. The van der Waals surface area contributed by atoms with Crippen LogP contribution in [0.1, 0.15) is 32.3 Å². The van der Waals surface area contributed by atoms with Gasteiger partial charge in [0.25, 0.3) is 0 Å². The number of urea groups is 1. The number of ether oxygens (including phenoxy) is 1. The van der Waals surface area contributed by atoms with E-state index >= 15 is 0 Å². The van der Waals surface area contributed by atoms with E-state index in [1.165, 1.54) is 30.5 Å². The molecule has 0 radical (unpaired) electrons. The quantitative estimate of drug-likeness (QED) is 0.664. The second-order valence-corrected chi connectivity index (χ2v) is 5.65. The lowest BCUT2D eigenvalue weighted by atomic mass is 10.1. The Balaban J connectivity index is 1.80. The van der Waals surface area contributed by atoms with E-state index in [1.54, 1.807) is 19.1 Å². The van der Waals surface area contributed by atoms with E-state index in [1.807, 2.05) is 24.3 Å². The summed E-state index contributed by atoms with van der Waals surface area (Å²) in [5.41, 5.74) is 2.01. The number of hydrogen-bond donors (Lipinski definition) is 3. The minimum atomic E-state index is -0.502. The first-order chi connectivity index (χ1) is 11.6. The molecule has 5 heteroatoms. The summed E-state index contributed by atoms with van der Waals surface area (Å²) in [6.45, 7) is 3.90. The maximum Gasteiger partial charge on any atom is 0.322 e. The molecule has 128 valence electrons. The third-order valence-electron chi connectivity index (χ3n) is 3.51. The lowest BCUT2D eigenvalue weighted by Crippen LogP contribution is -2.39. The highest BCUT2D eigenvalue weighted by Gasteiger charge is 2.08. The number of anilines is 1. The molecule has 0 spiro atoms. The summed E-state index contributed by atoms with van der Waals surface area (Å²) in [4.78, 5) is 12.0. The van der Waals surface area contributed by atoms with Gasteiger partial charge in [-0.3, -0.25) is 0 Å². The van der Waals surface area contributed by atoms with Gasteiger partial charge in [-0.25, -0.2) is 4.79 Å². The van der Waals surface area contributed by atoms with Crippen LogP contribution in [-0.2, 0) is 6.42 Å². The molecule has 24 heavy (non-hydrogen) atoms. The number of carbonyl (C=O) groups excluding carboxylic acids is 1. The zero-order valence-electron chi connectivity index (χ0n) is 14.1. The zero-order chi connectivity index (χ0) is 17.4. The number of carbonyl (C=O) groups is 1. The van der Waals surface area contributed by atoms with Crippen LogP contribution in [-0.4, -0.2) is 17.4 Å². The van der Waals surface area contributed by atoms with Crippen LogP contribution in [0.2, 0.25) is 0 Å². The highest BCUT2D eigenvalue weighted by Crippen LogP contribution is 2.17. The summed E-state index contributed by atoms with van der Waals surface area (Å²) >= 11 is 0. The fourth-order valence-electron chi connectivity index (χ4n) is 2.25. The minimum absolute atomic E-state index is 0.170. The Kier molecular flexibility index (Phi) is 6.49. The Hall–Kier alpha value is -2.69. The molecule has 1 atom stereocenters. The zero-order valence-corrected chi connectivity index (χ0v) is 14.1. The summed E-state index contributed by atoms with van der Waals surface area (Å²) in [6, 6.07) is 13.9. The molecule has 1 unspecified atom stereocenters. The number of hydrogen-bond acceptors (Lipinski definition) is 3. The van der Waals surface area contributed by atoms with Crippen molar-refractivity contribution in [1.82, 2.24) is 5.32 Å². The molecule has 2 aromatic carbocycles. The molecule has 0 aromatic heterocycles. The first-order valence-electron chi connectivity index (χ1n) is 8.19. The van der Waals surface area contributed by atoms with E-state index < -0.39 is 6.23 Å². The van der Waals surface area contributed by atoms with Crippen LogP contribution in [0.3, 0.4) is 0 Å². The number of aromatic hydroxyl groups is 1. The summed E-state index contributed by atoms with van der Waals surface area (Å²) in [5, 5.41) is 14.7. The van der Waals surface area contributed by atoms with Crippen LogP contribution in [0.4, 0.5) is 10.5 Å². The first kappa shape index (κ1) is 17.7. The number of nitrogens with one attached hydrogen (secondary N) is 2. The van der Waals surface area contributed by atoms with E-state index in [0.29, 0.717) is 5.75 Å². The van der Waals surface area contributed by atoms with Gasteiger partial charge in [-0.2, -0.15) is 0 Å². The fourth-order valence-corrected chi connectivity index (χ4v) is 2.25. The molecule has 0 heterocycles. The smallest absolute Gasteiger partial charge is 0.322 e. The van der Waals surface area contributed by atoms with Crippen molar-refractivity contribution < 1.29 is 14.6 Å². The predicted molar refractivity (Wildman–Crippen MR) is 95.4 cm³/mol. The lowest BCUT2D eigenvalue weighted by Gasteiger charge is -2.17. The molecular formula is C19H24N2O3. The fraction of sp³-hybridized carbons (Fsp3) is 0.316. The molecule has 0 saturated heterocycles. The molecule has 2 aromatic rings. The van der Waals surface area contributed by atoms with Gasteiger partial charge < -0.3 is 20.5 Å². The Morgan fingerprint density at radius 2 is 1.79 bits per heavy atom. The van der Waals surface area contributed by atoms with E-state index in [0.717, 1.165) is 12.1 Å². The number of benzene rings is 2. The highest BCUT2D eigenvalue weighted by molar-refractivity contribution is 5.89. The number of rotatable bonds is 7. The Bertz CT molecular complexity index is 639. The van der Waals surface area contributed by atoms with Crippen LogP contribution < -0.4 is 15.4 Å². The van der Waals surface area contributed by atoms with Gasteiger partial charge in [0.05, 0.1) is 0 Å². The van der Waals surface area contributed by atoms with Crippen LogP contribution in [0.15, 0.2) is 48.5 Å². The third-order valence-corrected chi connectivity index (χ3v) is 3.51. The molecule has 0 saturated carbocycles. The normalized spacial score (nSPS) is 11.6. The predicted octanol–water partition coefficient (Wildman–Crippen LogP) is 4.28. The van der Waals surface area contributed by atoms with Crippen molar-refractivity contribution in [2.24, 2.45) is 0 Å². The third kappa shape index (κ3) is 5.83. The van der Waals surface area contributed by atoms with Gasteiger partial charge in [0, 0.05) is 5.69 Å². The number of amides is 2. The average molecular weight is 328 g/mol. The molecule has 5 nitrogen and oxygen atoms in total. The second kappa shape index (κ2) is 8.82. The van der Waals surface area contributed by atoms with Crippen molar-refractivity contribution in [3.8, 4) is 11.5 Å². The van der Waals surface area contributed by atoms with Crippen molar-refractivity contribution in [2.75, 3.05) is 5.32 Å². The van der Waals surface area contributed by atoms with Crippen LogP contribution in [0.25, 0.3) is 0 Å². The Morgan fingerprint density at radius 3 is 2.42 bits per heavy atom. The van der Waals surface area contributed by atoms with Gasteiger partial charge in [0.2, 0.25) is 0 Å². The first-order valence-corrected chi connectivity index (χ1v) is 8.19. The molecule has 2 rings (SSSR count). The second-order valence-electron chi connectivity index (χ2n) is 5.65. The van der Waals surface area contributed by atoms with E-state index in [-0.39, 0.29) is 11.8 Å². The van der Waals surface area contributed by atoms with Crippen molar-refractivity contribution in [3.05, 3.63) is 54.1 Å². The Morgan fingerprint density at radius 1 is 1.12 bits per heavy atom. The van der Waals surface area contributed by atoms with Crippen LogP contribution >= 0.6 is 0 Å². The van der Waals surface area contributed by atoms with Gasteiger partial charge in [0.1, 0.15) is 11.5 Å². The van der Waals surface area contributed by atoms with Crippen molar-refractivity contribution >= 4 is 11.7 Å². The summed E-state index contributed by atoms with van der Waals surface area (Å²) in [5.74, 6) is 0.740. The van der Waals surface area contributed by atoms with E-state index in [9.17, 15) is 9.90 Å². The number of unbranched alkanes of at least 4 members (excludes halogenated alkanes) is 1. The van der Waals surface area contributed by atoms with Crippen molar-refractivity contribution in [2.45, 2.75) is 39.3 Å². The molecular weight excluding hydrogens is 304 g/mol. The van der Waals surface area contributed by atoms with Gasteiger partial charge in [-0.15, -0.1) is 0 Å². The average Bonchev–Trinajstić information content (AvgIpc) is 2.56. The standard InChI is InChI=1S/C19H24N2O3/c1-3-4-5-15-6-8-16(9-7-15)21-19(23)20-14(2)24-18-12-10-17(22)11-13-18/h6-14,22H,3-5H2,1-2H3,(H2,20,21,23). The van der Waals surface area contributed by atoms with Gasteiger partial charge in [0.15, 0.2) is 6.23 Å². The molecule has 0 aliphatic heterocycles. The van der Waals surface area contributed by atoms with Gasteiger partial charge in [-0.05, 0) is 61.7 Å². The molecule has 2 amide bonds. The molecule has 0 aliphatic rings. The Labute approximate surface area is 142 Å². The van der Waals surface area contributed by atoms with E-state index in [4.69, 9.17) is 4.74 Å². The van der Waals surface area contributed by atoms with Crippen molar-refractivity contribution in [3.63, 3.8) is 0 Å². The van der Waals surface area contributed by atoms with Crippen LogP contribution in [0, 0.1) is 0 Å². The monoisotopic (exact) mass is 328 g/mol. The summed E-state index contributed by atoms with van der Waals surface area (Å²) < 4.78 is 5.56. The van der Waals surface area contributed by atoms with E-state index in [2.05, 4.69) is 17.6 Å². The lowest BCUT2D eigenvalue weighted by molar-refractivity contribution is 0.183. The molecule has 0 bridgehead atoms. The maximum atomic E-state index is 12.0. The maximum absolute atomic E-state index is 12.0. The molecule has 3 N–H and O–H groups in total. The van der Waals surface area contributed by atoms with Crippen LogP contribution in [0.5, 0.6) is 11.5 Å². The summed E-state index contributed by atoms with van der Waals surface area (Å²) in [7, 11) is 0. The number of phenols is 1. The largest absolute Gasteiger partial charge is 0.508 e. The number of aryl methyl sites for hydroxylation is 1. The molecule has 0 aliphatic carbocycles. The van der Waals surface area contributed by atoms with Gasteiger partial charge >= 0.3 is 6.03 Å². The van der Waals surface area contributed by atoms with Crippen molar-refractivity contribution in [1.29, 1.82) is 0 Å².